The molecule has 1 aromatic carbocycles. The third-order valence-electron chi connectivity index (χ3n) is 3.28. The lowest BCUT2D eigenvalue weighted by molar-refractivity contribution is 0.136. The van der Waals surface area contributed by atoms with E-state index in [1.807, 2.05) is 34.9 Å². The lowest BCUT2D eigenvalue weighted by Gasteiger charge is -2.21. The number of imidazole rings is 1. The summed E-state index contributed by atoms with van der Waals surface area (Å²) in [4.78, 5) is 4.10. The maximum Gasteiger partial charge on any atom is 0.111 e. The Bertz CT molecular complexity index is 507. The molecule has 3 N–H and O–H groups in total. The van der Waals surface area contributed by atoms with Gasteiger partial charge in [-0.3, -0.25) is 0 Å². The molecule has 4 nitrogen and oxygen atoms in total. The Hall–Kier alpha value is -1.65. The molecule has 1 heterocycles. The van der Waals surface area contributed by atoms with E-state index in [-0.39, 0.29) is 12.1 Å². The van der Waals surface area contributed by atoms with Crippen LogP contribution in [-0.4, -0.2) is 20.7 Å². The molecular formula is C15H21N3O. The smallest absolute Gasteiger partial charge is 0.111 e. The lowest BCUT2D eigenvalue weighted by atomic mass is 10.0. The van der Waals surface area contributed by atoms with Gasteiger partial charge in [0.05, 0.1) is 18.2 Å². The van der Waals surface area contributed by atoms with Crippen LogP contribution in [0.5, 0.6) is 0 Å². The number of nitrogens with zero attached hydrogens (tertiary/aromatic N) is 2. The minimum Gasteiger partial charge on any atom is -0.385 e. The SMILES string of the molecule is CC(C)n1cncc1C(O)C(N)Cc1ccccc1. The van der Waals surface area contributed by atoms with Crippen molar-refractivity contribution < 1.29 is 5.11 Å². The largest absolute Gasteiger partial charge is 0.385 e. The van der Waals surface area contributed by atoms with E-state index in [0.29, 0.717) is 6.42 Å². The highest BCUT2D eigenvalue weighted by atomic mass is 16.3. The zero-order chi connectivity index (χ0) is 13.8. The second-order valence-corrected chi connectivity index (χ2v) is 5.12. The summed E-state index contributed by atoms with van der Waals surface area (Å²) in [6.45, 7) is 4.11. The molecule has 2 aromatic rings. The van der Waals surface area contributed by atoms with Gasteiger partial charge in [-0.15, -0.1) is 0 Å². The van der Waals surface area contributed by atoms with E-state index in [1.54, 1.807) is 12.5 Å². The summed E-state index contributed by atoms with van der Waals surface area (Å²) in [7, 11) is 0. The molecule has 4 heteroatoms. The molecular weight excluding hydrogens is 238 g/mol. The molecule has 2 unspecified atom stereocenters. The average molecular weight is 259 g/mol. The number of hydrogen-bond acceptors (Lipinski definition) is 3. The Kier molecular flexibility index (Phi) is 4.35. The lowest BCUT2D eigenvalue weighted by Crippen LogP contribution is -2.32. The van der Waals surface area contributed by atoms with Gasteiger partial charge in [0.2, 0.25) is 0 Å². The fraction of sp³-hybridized carbons (Fsp3) is 0.400. The number of rotatable bonds is 5. The van der Waals surface area contributed by atoms with Gasteiger partial charge >= 0.3 is 0 Å². The van der Waals surface area contributed by atoms with Gasteiger partial charge in [0.1, 0.15) is 6.10 Å². The molecule has 1 aromatic heterocycles. The van der Waals surface area contributed by atoms with Crippen molar-refractivity contribution >= 4 is 0 Å². The molecule has 0 bridgehead atoms. The number of aliphatic hydroxyl groups excluding tert-OH is 1. The van der Waals surface area contributed by atoms with E-state index in [4.69, 9.17) is 5.73 Å². The monoisotopic (exact) mass is 259 g/mol. The second kappa shape index (κ2) is 5.99. The summed E-state index contributed by atoms with van der Waals surface area (Å²) in [6.07, 6.45) is 3.37. The number of benzene rings is 1. The molecule has 0 aliphatic heterocycles. The first kappa shape index (κ1) is 13.8. The highest BCUT2D eigenvalue weighted by molar-refractivity contribution is 5.17. The van der Waals surface area contributed by atoms with Gasteiger partial charge in [0, 0.05) is 12.1 Å². The quantitative estimate of drug-likeness (QED) is 0.864. The summed E-state index contributed by atoms with van der Waals surface area (Å²) in [5.41, 5.74) is 8.02. The Balaban J connectivity index is 2.10. The summed E-state index contributed by atoms with van der Waals surface area (Å²) in [6, 6.07) is 9.89. The van der Waals surface area contributed by atoms with E-state index in [2.05, 4.69) is 18.8 Å². The third-order valence-corrected chi connectivity index (χ3v) is 3.28. The molecule has 2 atom stereocenters. The third kappa shape index (κ3) is 3.22. The van der Waals surface area contributed by atoms with Gasteiger partial charge in [-0.1, -0.05) is 30.3 Å². The van der Waals surface area contributed by atoms with E-state index >= 15 is 0 Å². The molecule has 0 aliphatic rings. The predicted octanol–water partition coefficient (Wildman–Crippen LogP) is 2.07. The van der Waals surface area contributed by atoms with E-state index in [0.717, 1.165) is 11.3 Å². The van der Waals surface area contributed by atoms with Crippen LogP contribution in [0.3, 0.4) is 0 Å². The Morgan fingerprint density at radius 3 is 2.58 bits per heavy atom. The first-order valence-corrected chi connectivity index (χ1v) is 6.59. The highest BCUT2D eigenvalue weighted by Crippen LogP contribution is 2.21. The van der Waals surface area contributed by atoms with Gasteiger partial charge in [-0.2, -0.15) is 0 Å². The van der Waals surface area contributed by atoms with E-state index in [9.17, 15) is 5.11 Å². The van der Waals surface area contributed by atoms with Crippen LogP contribution in [0.15, 0.2) is 42.9 Å². The van der Waals surface area contributed by atoms with Crippen LogP contribution < -0.4 is 5.73 Å². The molecule has 0 spiro atoms. The average Bonchev–Trinajstić information content (AvgIpc) is 2.88. The molecule has 0 fully saturated rings. The topological polar surface area (TPSA) is 64.1 Å². The first-order valence-electron chi connectivity index (χ1n) is 6.59. The van der Waals surface area contributed by atoms with Crippen LogP contribution in [-0.2, 0) is 6.42 Å². The van der Waals surface area contributed by atoms with Crippen molar-refractivity contribution in [2.24, 2.45) is 5.73 Å². The fourth-order valence-corrected chi connectivity index (χ4v) is 2.19. The molecule has 0 radical (unpaired) electrons. The maximum atomic E-state index is 10.4. The summed E-state index contributed by atoms with van der Waals surface area (Å²) in [5, 5.41) is 10.4. The predicted molar refractivity (Wildman–Crippen MR) is 75.7 cm³/mol. The summed E-state index contributed by atoms with van der Waals surface area (Å²) < 4.78 is 1.95. The van der Waals surface area contributed by atoms with Crippen LogP contribution in [0.25, 0.3) is 0 Å². The standard InChI is InChI=1S/C15H21N3O/c1-11(2)18-10-17-9-14(18)15(19)13(16)8-12-6-4-3-5-7-12/h3-7,9-11,13,15,19H,8,16H2,1-2H3. The second-order valence-electron chi connectivity index (χ2n) is 5.12. The van der Waals surface area contributed by atoms with Crippen molar-refractivity contribution in [3.8, 4) is 0 Å². The Labute approximate surface area is 113 Å². The van der Waals surface area contributed by atoms with Gasteiger partial charge in [-0.25, -0.2) is 4.98 Å². The van der Waals surface area contributed by atoms with Crippen molar-refractivity contribution in [3.63, 3.8) is 0 Å². The van der Waals surface area contributed by atoms with Crippen LogP contribution in [0, 0.1) is 0 Å². The molecule has 19 heavy (non-hydrogen) atoms. The zero-order valence-electron chi connectivity index (χ0n) is 11.4. The number of aliphatic hydroxyl groups is 1. The molecule has 0 aliphatic carbocycles. The number of hydrogen-bond donors (Lipinski definition) is 2. The van der Waals surface area contributed by atoms with Crippen molar-refractivity contribution in [1.29, 1.82) is 0 Å². The number of aromatic nitrogens is 2. The summed E-state index contributed by atoms with van der Waals surface area (Å²) in [5.74, 6) is 0. The van der Waals surface area contributed by atoms with Crippen molar-refractivity contribution in [2.75, 3.05) is 0 Å². The maximum absolute atomic E-state index is 10.4. The zero-order valence-corrected chi connectivity index (χ0v) is 11.4. The van der Waals surface area contributed by atoms with Crippen LogP contribution >= 0.6 is 0 Å². The summed E-state index contributed by atoms with van der Waals surface area (Å²) >= 11 is 0. The van der Waals surface area contributed by atoms with Gasteiger partial charge in [0.15, 0.2) is 0 Å². The molecule has 2 rings (SSSR count). The Morgan fingerprint density at radius 1 is 1.26 bits per heavy atom. The fourth-order valence-electron chi connectivity index (χ4n) is 2.19. The Morgan fingerprint density at radius 2 is 1.95 bits per heavy atom. The molecule has 102 valence electrons. The normalized spacial score (nSPS) is 14.6. The molecule has 0 saturated carbocycles. The minimum atomic E-state index is -0.704. The van der Waals surface area contributed by atoms with Crippen LogP contribution in [0.2, 0.25) is 0 Å². The van der Waals surface area contributed by atoms with Crippen molar-refractivity contribution in [1.82, 2.24) is 9.55 Å². The van der Waals surface area contributed by atoms with Crippen LogP contribution in [0.4, 0.5) is 0 Å². The van der Waals surface area contributed by atoms with Gasteiger partial charge in [0.25, 0.3) is 0 Å². The van der Waals surface area contributed by atoms with Crippen molar-refractivity contribution in [3.05, 3.63) is 54.1 Å². The van der Waals surface area contributed by atoms with E-state index in [1.165, 1.54) is 0 Å². The number of nitrogens with two attached hydrogens (primary N) is 1. The molecule has 0 amide bonds. The van der Waals surface area contributed by atoms with Gasteiger partial charge < -0.3 is 15.4 Å². The molecule has 0 saturated heterocycles. The van der Waals surface area contributed by atoms with Crippen molar-refractivity contribution in [2.45, 2.75) is 38.5 Å². The highest BCUT2D eigenvalue weighted by Gasteiger charge is 2.21. The minimum absolute atomic E-state index is 0.260. The van der Waals surface area contributed by atoms with Crippen LogP contribution in [0.1, 0.15) is 37.3 Å². The van der Waals surface area contributed by atoms with Gasteiger partial charge in [-0.05, 0) is 25.8 Å². The van der Waals surface area contributed by atoms with E-state index < -0.39 is 6.10 Å². The first-order chi connectivity index (χ1) is 9.09.